The molecule has 0 amide bonds. The van der Waals surface area contributed by atoms with Crippen molar-refractivity contribution in [2.24, 2.45) is 0 Å². The average molecular weight is 609 g/mol. The highest BCUT2D eigenvalue weighted by atomic mass is 14.2. The number of hydrogen-bond acceptors (Lipinski definition) is 0. The second-order valence-electron chi connectivity index (χ2n) is 12.5. The first-order valence-electron chi connectivity index (χ1n) is 16.6. The summed E-state index contributed by atoms with van der Waals surface area (Å²) in [6.45, 7) is 0. The maximum Gasteiger partial charge on any atom is -0.00201 e. The maximum absolute atomic E-state index is 2.43. The maximum atomic E-state index is 2.43. The first-order chi connectivity index (χ1) is 23.8. The summed E-state index contributed by atoms with van der Waals surface area (Å²) in [5.74, 6) is 0. The molecule has 0 aliphatic heterocycles. The molecular weight excluding hydrogens is 577 g/mol. The van der Waals surface area contributed by atoms with Gasteiger partial charge in [0.15, 0.2) is 0 Å². The molecule has 0 aromatic heterocycles. The van der Waals surface area contributed by atoms with Crippen molar-refractivity contribution < 1.29 is 0 Å². The SMILES string of the molecule is c1ccc(-c2ccc(-c3cccc4c(-c5cccc6ccccc56)c5cccc(-c6ccc(-c7ccccc7)cc6)c5cc34)cc2)cc1. The Hall–Kier alpha value is -6.24. The Morgan fingerprint density at radius 1 is 0.208 bits per heavy atom. The Bertz CT molecular complexity index is 2410. The second-order valence-corrected chi connectivity index (χ2v) is 12.5. The standard InChI is InChI=1S/C48H32/c1-3-12-33(13-4-1)35-24-28-38(29-25-35)41-19-10-22-44-46(41)32-47-42(39-30-26-36(27-31-39)34-14-5-2-6-15-34)20-11-23-45(47)48(44)43-21-9-17-37-16-7-8-18-40(37)43/h1-32H. The summed E-state index contributed by atoms with van der Waals surface area (Å²) in [6.07, 6.45) is 0. The molecule has 0 unspecified atom stereocenters. The van der Waals surface area contributed by atoms with Crippen molar-refractivity contribution in [1.29, 1.82) is 0 Å². The third kappa shape index (κ3) is 4.87. The monoisotopic (exact) mass is 608 g/mol. The lowest BCUT2D eigenvalue weighted by Gasteiger charge is -2.18. The Morgan fingerprint density at radius 3 is 1.12 bits per heavy atom. The van der Waals surface area contributed by atoms with E-state index < -0.39 is 0 Å². The molecule has 0 atom stereocenters. The van der Waals surface area contributed by atoms with Crippen LogP contribution in [0.15, 0.2) is 194 Å². The van der Waals surface area contributed by atoms with Crippen molar-refractivity contribution in [3.63, 3.8) is 0 Å². The van der Waals surface area contributed by atoms with Crippen molar-refractivity contribution in [2.75, 3.05) is 0 Å². The highest BCUT2D eigenvalue weighted by molar-refractivity contribution is 6.21. The van der Waals surface area contributed by atoms with Gasteiger partial charge in [0.25, 0.3) is 0 Å². The van der Waals surface area contributed by atoms with Crippen LogP contribution in [0, 0.1) is 0 Å². The van der Waals surface area contributed by atoms with Gasteiger partial charge in [0, 0.05) is 0 Å². The van der Waals surface area contributed by atoms with E-state index >= 15 is 0 Å². The van der Waals surface area contributed by atoms with E-state index in [2.05, 4.69) is 194 Å². The first-order valence-corrected chi connectivity index (χ1v) is 16.6. The zero-order valence-corrected chi connectivity index (χ0v) is 26.5. The number of rotatable bonds is 5. The van der Waals surface area contributed by atoms with Crippen molar-refractivity contribution in [1.82, 2.24) is 0 Å². The van der Waals surface area contributed by atoms with Crippen LogP contribution in [0.2, 0.25) is 0 Å². The molecule has 0 heterocycles. The van der Waals surface area contributed by atoms with Crippen LogP contribution in [0.25, 0.3) is 88.0 Å². The summed E-state index contributed by atoms with van der Waals surface area (Å²) < 4.78 is 0. The molecule has 9 aromatic rings. The lowest BCUT2D eigenvalue weighted by Crippen LogP contribution is -1.91. The topological polar surface area (TPSA) is 0 Å². The molecule has 224 valence electrons. The van der Waals surface area contributed by atoms with Crippen LogP contribution in [-0.2, 0) is 0 Å². The molecular formula is C48H32. The smallest absolute Gasteiger partial charge is 0.00201 e. The molecule has 0 aliphatic carbocycles. The average Bonchev–Trinajstić information content (AvgIpc) is 3.17. The molecule has 0 aliphatic rings. The van der Waals surface area contributed by atoms with E-state index in [-0.39, 0.29) is 0 Å². The van der Waals surface area contributed by atoms with Gasteiger partial charge >= 0.3 is 0 Å². The van der Waals surface area contributed by atoms with Gasteiger partial charge in [-0.1, -0.05) is 188 Å². The Kier molecular flexibility index (Phi) is 6.91. The van der Waals surface area contributed by atoms with Crippen LogP contribution in [0.1, 0.15) is 0 Å². The molecule has 0 saturated heterocycles. The van der Waals surface area contributed by atoms with Gasteiger partial charge in [-0.3, -0.25) is 0 Å². The van der Waals surface area contributed by atoms with Crippen LogP contribution in [0.4, 0.5) is 0 Å². The molecule has 0 fully saturated rings. The van der Waals surface area contributed by atoms with Gasteiger partial charge in [0.05, 0.1) is 0 Å². The van der Waals surface area contributed by atoms with E-state index in [1.807, 2.05) is 0 Å². The summed E-state index contributed by atoms with van der Waals surface area (Å²) in [5.41, 5.74) is 12.4. The van der Waals surface area contributed by atoms with E-state index in [9.17, 15) is 0 Å². The molecule has 48 heavy (non-hydrogen) atoms. The van der Waals surface area contributed by atoms with Crippen LogP contribution < -0.4 is 0 Å². The van der Waals surface area contributed by atoms with Crippen molar-refractivity contribution >= 4 is 32.3 Å². The molecule has 0 saturated carbocycles. The summed E-state index contributed by atoms with van der Waals surface area (Å²) in [5, 5.41) is 7.56. The van der Waals surface area contributed by atoms with E-state index in [0.29, 0.717) is 0 Å². The van der Waals surface area contributed by atoms with Gasteiger partial charge in [-0.2, -0.15) is 0 Å². The zero-order chi connectivity index (χ0) is 31.9. The number of fused-ring (bicyclic) bond motifs is 3. The van der Waals surface area contributed by atoms with Crippen molar-refractivity contribution in [3.8, 4) is 55.6 Å². The minimum absolute atomic E-state index is 1.22. The Labute approximate surface area is 281 Å². The molecule has 0 radical (unpaired) electrons. The Morgan fingerprint density at radius 2 is 0.583 bits per heavy atom. The molecule has 0 nitrogen and oxygen atoms in total. The fourth-order valence-electron chi connectivity index (χ4n) is 7.35. The van der Waals surface area contributed by atoms with E-state index in [4.69, 9.17) is 0 Å². The molecule has 0 spiro atoms. The van der Waals surface area contributed by atoms with Crippen LogP contribution in [0.5, 0.6) is 0 Å². The highest BCUT2D eigenvalue weighted by Crippen LogP contribution is 2.45. The number of hydrogen-bond donors (Lipinski definition) is 0. The highest BCUT2D eigenvalue weighted by Gasteiger charge is 2.17. The van der Waals surface area contributed by atoms with Gasteiger partial charge in [-0.15, -0.1) is 0 Å². The van der Waals surface area contributed by atoms with Crippen molar-refractivity contribution in [3.05, 3.63) is 194 Å². The second kappa shape index (κ2) is 11.8. The first kappa shape index (κ1) is 28.0. The van der Waals surface area contributed by atoms with Gasteiger partial charge in [-0.25, -0.2) is 0 Å². The molecule has 0 heteroatoms. The fraction of sp³-hybridized carbons (Fsp3) is 0. The number of benzene rings is 9. The predicted molar refractivity (Wildman–Crippen MR) is 206 cm³/mol. The minimum atomic E-state index is 1.22. The van der Waals surface area contributed by atoms with E-state index in [1.165, 1.54) is 88.0 Å². The Balaban J connectivity index is 1.30. The summed E-state index contributed by atoms with van der Waals surface area (Å²) in [7, 11) is 0. The van der Waals surface area contributed by atoms with Crippen LogP contribution in [-0.4, -0.2) is 0 Å². The van der Waals surface area contributed by atoms with E-state index in [0.717, 1.165) is 0 Å². The largest absolute Gasteiger partial charge is 0.0622 e. The normalized spacial score (nSPS) is 11.3. The van der Waals surface area contributed by atoms with E-state index in [1.54, 1.807) is 0 Å². The lowest BCUT2D eigenvalue weighted by atomic mass is 9.85. The van der Waals surface area contributed by atoms with Gasteiger partial charge in [-0.05, 0) is 94.0 Å². The van der Waals surface area contributed by atoms with Gasteiger partial charge in [0.2, 0.25) is 0 Å². The predicted octanol–water partition coefficient (Wildman–Crippen LogP) is 13.5. The van der Waals surface area contributed by atoms with Crippen LogP contribution >= 0.6 is 0 Å². The van der Waals surface area contributed by atoms with Crippen LogP contribution in [0.3, 0.4) is 0 Å². The lowest BCUT2D eigenvalue weighted by molar-refractivity contribution is 1.60. The third-order valence-electron chi connectivity index (χ3n) is 9.70. The summed E-state index contributed by atoms with van der Waals surface area (Å²) >= 11 is 0. The van der Waals surface area contributed by atoms with Gasteiger partial charge < -0.3 is 0 Å². The van der Waals surface area contributed by atoms with Gasteiger partial charge in [0.1, 0.15) is 0 Å². The molecule has 0 bridgehead atoms. The zero-order valence-electron chi connectivity index (χ0n) is 26.5. The minimum Gasteiger partial charge on any atom is -0.0622 e. The quantitative estimate of drug-likeness (QED) is 0.171. The fourth-order valence-corrected chi connectivity index (χ4v) is 7.35. The third-order valence-corrected chi connectivity index (χ3v) is 9.70. The summed E-state index contributed by atoms with van der Waals surface area (Å²) in [6, 6.07) is 70.7. The molecule has 0 N–H and O–H groups in total. The molecule has 9 aromatic carbocycles. The van der Waals surface area contributed by atoms with Crippen molar-refractivity contribution in [2.45, 2.75) is 0 Å². The molecule has 9 rings (SSSR count). The summed E-state index contributed by atoms with van der Waals surface area (Å²) in [4.78, 5) is 0.